The maximum Gasteiger partial charge on any atom is 0.137 e. The van der Waals surface area contributed by atoms with Crippen molar-refractivity contribution in [2.24, 2.45) is 0 Å². The SMILES string of the molecule is COc1cc2c(cc1Cl)CCNCC2c1cccc2ccccc12.Cl. The average molecular weight is 374 g/mol. The first kappa shape index (κ1) is 18.1. The lowest BCUT2D eigenvalue weighted by Gasteiger charge is -2.21. The third-order valence-electron chi connectivity index (χ3n) is 4.91. The molecule has 1 atom stereocenters. The van der Waals surface area contributed by atoms with Crippen molar-refractivity contribution in [2.75, 3.05) is 20.2 Å². The van der Waals surface area contributed by atoms with E-state index in [1.807, 2.05) is 0 Å². The van der Waals surface area contributed by atoms with Gasteiger partial charge in [-0.25, -0.2) is 0 Å². The van der Waals surface area contributed by atoms with Gasteiger partial charge in [-0.05, 0) is 52.6 Å². The Balaban J connectivity index is 0.00000182. The highest BCUT2D eigenvalue weighted by Gasteiger charge is 2.23. The van der Waals surface area contributed by atoms with E-state index < -0.39 is 0 Å². The van der Waals surface area contributed by atoms with Crippen molar-refractivity contribution in [3.05, 3.63) is 76.3 Å². The highest BCUT2D eigenvalue weighted by Crippen LogP contribution is 2.38. The number of hydrogen-bond donors (Lipinski definition) is 1. The summed E-state index contributed by atoms with van der Waals surface area (Å²) in [7, 11) is 1.68. The van der Waals surface area contributed by atoms with Gasteiger partial charge in [-0.2, -0.15) is 0 Å². The van der Waals surface area contributed by atoms with E-state index in [-0.39, 0.29) is 12.4 Å². The molecule has 0 amide bonds. The Morgan fingerprint density at radius 3 is 2.68 bits per heavy atom. The topological polar surface area (TPSA) is 21.3 Å². The van der Waals surface area contributed by atoms with Gasteiger partial charge in [0.15, 0.2) is 0 Å². The molecule has 1 aliphatic heterocycles. The van der Waals surface area contributed by atoms with Crippen molar-refractivity contribution in [3.8, 4) is 5.75 Å². The van der Waals surface area contributed by atoms with Crippen LogP contribution in [0.4, 0.5) is 0 Å². The summed E-state index contributed by atoms with van der Waals surface area (Å²) in [6.45, 7) is 1.89. The van der Waals surface area contributed by atoms with Gasteiger partial charge in [0.1, 0.15) is 5.75 Å². The number of rotatable bonds is 2. The maximum absolute atomic E-state index is 6.36. The predicted octanol–water partition coefficient (Wildman–Crippen LogP) is 5.20. The normalized spacial score (nSPS) is 16.6. The van der Waals surface area contributed by atoms with E-state index in [0.29, 0.717) is 10.9 Å². The van der Waals surface area contributed by atoms with Crippen LogP contribution < -0.4 is 10.1 Å². The molecule has 1 unspecified atom stereocenters. The van der Waals surface area contributed by atoms with Crippen LogP contribution in [0, 0.1) is 0 Å². The predicted molar refractivity (Wildman–Crippen MR) is 108 cm³/mol. The van der Waals surface area contributed by atoms with Crippen molar-refractivity contribution in [1.82, 2.24) is 5.32 Å². The minimum Gasteiger partial charge on any atom is -0.495 e. The molecule has 0 aliphatic carbocycles. The van der Waals surface area contributed by atoms with E-state index in [1.165, 1.54) is 27.5 Å². The van der Waals surface area contributed by atoms with Gasteiger partial charge in [0.05, 0.1) is 12.1 Å². The van der Waals surface area contributed by atoms with E-state index in [1.54, 1.807) is 7.11 Å². The lowest BCUT2D eigenvalue weighted by molar-refractivity contribution is 0.414. The zero-order chi connectivity index (χ0) is 16.5. The molecule has 0 aromatic heterocycles. The fourth-order valence-corrected chi connectivity index (χ4v) is 3.98. The Hall–Kier alpha value is -1.74. The molecule has 0 spiro atoms. The molecule has 0 saturated carbocycles. The number of nitrogens with one attached hydrogen (secondary N) is 1. The van der Waals surface area contributed by atoms with Crippen LogP contribution in [0.1, 0.15) is 22.6 Å². The summed E-state index contributed by atoms with van der Waals surface area (Å²) in [5.74, 6) is 1.04. The summed E-state index contributed by atoms with van der Waals surface area (Å²) < 4.78 is 5.47. The fraction of sp³-hybridized carbons (Fsp3) is 0.238. The molecule has 0 bridgehead atoms. The van der Waals surface area contributed by atoms with Crippen molar-refractivity contribution in [2.45, 2.75) is 12.3 Å². The van der Waals surface area contributed by atoms with E-state index in [4.69, 9.17) is 16.3 Å². The third-order valence-corrected chi connectivity index (χ3v) is 5.20. The largest absolute Gasteiger partial charge is 0.495 e. The van der Waals surface area contributed by atoms with Gasteiger partial charge in [-0.3, -0.25) is 0 Å². The molecule has 1 heterocycles. The van der Waals surface area contributed by atoms with E-state index in [0.717, 1.165) is 25.3 Å². The molecule has 1 N–H and O–H groups in total. The van der Waals surface area contributed by atoms with Gasteiger partial charge >= 0.3 is 0 Å². The minimum atomic E-state index is 0. The third kappa shape index (κ3) is 3.35. The number of fused-ring (bicyclic) bond motifs is 2. The fourth-order valence-electron chi connectivity index (χ4n) is 3.72. The molecule has 3 aromatic carbocycles. The highest BCUT2D eigenvalue weighted by molar-refractivity contribution is 6.32. The molecular formula is C21H21Cl2NO. The number of benzene rings is 3. The summed E-state index contributed by atoms with van der Waals surface area (Å²) in [5, 5.41) is 6.86. The van der Waals surface area contributed by atoms with E-state index in [9.17, 15) is 0 Å². The van der Waals surface area contributed by atoms with Crippen LogP contribution in [0.2, 0.25) is 5.02 Å². The van der Waals surface area contributed by atoms with Crippen molar-refractivity contribution >= 4 is 34.8 Å². The van der Waals surface area contributed by atoms with Crippen LogP contribution >= 0.6 is 24.0 Å². The van der Waals surface area contributed by atoms with Crippen LogP contribution in [0.25, 0.3) is 10.8 Å². The number of hydrogen-bond acceptors (Lipinski definition) is 2. The number of ether oxygens (including phenoxy) is 1. The summed E-state index contributed by atoms with van der Waals surface area (Å²) in [6, 6.07) is 19.3. The molecule has 3 aromatic rings. The van der Waals surface area contributed by atoms with Crippen LogP contribution in [-0.4, -0.2) is 20.2 Å². The first-order valence-corrected chi connectivity index (χ1v) is 8.70. The molecule has 130 valence electrons. The molecule has 1 aliphatic rings. The van der Waals surface area contributed by atoms with Crippen LogP contribution in [0.3, 0.4) is 0 Å². The molecule has 0 saturated heterocycles. The molecular weight excluding hydrogens is 353 g/mol. The van der Waals surface area contributed by atoms with Crippen LogP contribution in [-0.2, 0) is 6.42 Å². The summed E-state index contributed by atoms with van der Waals surface area (Å²) >= 11 is 6.36. The average Bonchev–Trinajstić information content (AvgIpc) is 2.82. The monoisotopic (exact) mass is 373 g/mol. The van der Waals surface area contributed by atoms with E-state index >= 15 is 0 Å². The van der Waals surface area contributed by atoms with Crippen molar-refractivity contribution < 1.29 is 4.74 Å². The molecule has 4 heteroatoms. The van der Waals surface area contributed by atoms with Crippen LogP contribution in [0.15, 0.2) is 54.6 Å². The first-order valence-electron chi connectivity index (χ1n) is 8.32. The highest BCUT2D eigenvalue weighted by atomic mass is 35.5. The van der Waals surface area contributed by atoms with Gasteiger partial charge in [-0.1, -0.05) is 54.1 Å². The Bertz CT molecular complexity index is 889. The van der Waals surface area contributed by atoms with Gasteiger partial charge in [0, 0.05) is 12.5 Å². The zero-order valence-corrected chi connectivity index (χ0v) is 15.7. The second-order valence-electron chi connectivity index (χ2n) is 6.26. The standard InChI is InChI=1S/C21H20ClNO.ClH/c1-24-21-12-18-15(11-20(21)22)9-10-23-13-19(18)17-8-4-6-14-5-2-3-7-16(14)17;/h2-8,11-12,19,23H,9-10,13H2,1H3;1H. The Kier molecular flexibility index (Phi) is 5.53. The molecule has 25 heavy (non-hydrogen) atoms. The van der Waals surface area contributed by atoms with Crippen LogP contribution in [0.5, 0.6) is 5.75 Å². The smallest absolute Gasteiger partial charge is 0.137 e. The minimum absolute atomic E-state index is 0. The molecule has 4 rings (SSSR count). The summed E-state index contributed by atoms with van der Waals surface area (Å²) in [5.41, 5.74) is 3.98. The van der Waals surface area contributed by atoms with Gasteiger partial charge in [0.2, 0.25) is 0 Å². The second-order valence-corrected chi connectivity index (χ2v) is 6.67. The Labute approximate surface area is 159 Å². The maximum atomic E-state index is 6.36. The summed E-state index contributed by atoms with van der Waals surface area (Å²) in [6.07, 6.45) is 0.986. The molecule has 0 radical (unpaired) electrons. The van der Waals surface area contributed by atoms with Crippen molar-refractivity contribution in [1.29, 1.82) is 0 Å². The Morgan fingerprint density at radius 1 is 1.04 bits per heavy atom. The number of methoxy groups -OCH3 is 1. The lowest BCUT2D eigenvalue weighted by atomic mass is 9.85. The molecule has 2 nitrogen and oxygen atoms in total. The zero-order valence-electron chi connectivity index (χ0n) is 14.1. The first-order chi connectivity index (χ1) is 11.8. The van der Waals surface area contributed by atoms with Gasteiger partial charge in [-0.15, -0.1) is 12.4 Å². The second kappa shape index (κ2) is 7.65. The lowest BCUT2D eigenvalue weighted by Crippen LogP contribution is -2.21. The summed E-state index contributed by atoms with van der Waals surface area (Å²) in [4.78, 5) is 0. The van der Waals surface area contributed by atoms with E-state index in [2.05, 4.69) is 59.9 Å². The Morgan fingerprint density at radius 2 is 1.84 bits per heavy atom. The van der Waals surface area contributed by atoms with Gasteiger partial charge < -0.3 is 10.1 Å². The number of halogens is 2. The quantitative estimate of drug-likeness (QED) is 0.666. The molecule has 0 fully saturated rings. The van der Waals surface area contributed by atoms with Crippen molar-refractivity contribution in [3.63, 3.8) is 0 Å². The van der Waals surface area contributed by atoms with Gasteiger partial charge in [0.25, 0.3) is 0 Å².